The summed E-state index contributed by atoms with van der Waals surface area (Å²) in [6.45, 7) is 1.13. The number of methoxy groups -OCH3 is 1. The predicted octanol–water partition coefficient (Wildman–Crippen LogP) is 3.19. The number of esters is 1. The molecule has 0 aliphatic heterocycles. The molecular weight excluding hydrogens is 294 g/mol. The van der Waals surface area contributed by atoms with Crippen LogP contribution in [0.1, 0.15) is 22.8 Å². The van der Waals surface area contributed by atoms with Crippen molar-refractivity contribution in [3.8, 4) is 5.75 Å². The Labute approximate surface area is 134 Å². The zero-order valence-electron chi connectivity index (χ0n) is 13.0. The SMILES string of the molecule is COc1ccc(N=Cc2ccccc2C(=O)OCC(C)=O)cc1. The number of rotatable bonds is 6. The molecule has 23 heavy (non-hydrogen) atoms. The molecule has 0 aromatic heterocycles. The van der Waals surface area contributed by atoms with Crippen molar-refractivity contribution < 1.29 is 19.1 Å². The van der Waals surface area contributed by atoms with E-state index in [1.54, 1.807) is 49.7 Å². The number of carbonyl (C=O) groups is 2. The summed E-state index contributed by atoms with van der Waals surface area (Å²) in [4.78, 5) is 27.3. The van der Waals surface area contributed by atoms with Gasteiger partial charge in [-0.05, 0) is 37.3 Å². The number of hydrogen-bond acceptors (Lipinski definition) is 5. The predicted molar refractivity (Wildman–Crippen MR) is 87.7 cm³/mol. The Morgan fingerprint density at radius 1 is 1.09 bits per heavy atom. The summed E-state index contributed by atoms with van der Waals surface area (Å²) in [5, 5.41) is 0. The molecule has 2 rings (SSSR count). The Balaban J connectivity index is 2.17. The minimum Gasteiger partial charge on any atom is -0.497 e. The molecule has 0 saturated heterocycles. The van der Waals surface area contributed by atoms with Crippen LogP contribution in [0, 0.1) is 0 Å². The summed E-state index contributed by atoms with van der Waals surface area (Å²) in [6, 6.07) is 14.2. The van der Waals surface area contributed by atoms with Crippen molar-refractivity contribution in [3.05, 3.63) is 59.7 Å². The number of nitrogens with zero attached hydrogens (tertiary/aromatic N) is 1. The van der Waals surface area contributed by atoms with Gasteiger partial charge >= 0.3 is 5.97 Å². The molecule has 2 aromatic rings. The standard InChI is InChI=1S/C18H17NO4/c1-13(20)12-23-18(21)17-6-4-3-5-14(17)11-19-15-7-9-16(22-2)10-8-15/h3-11H,12H2,1-2H3. The Hall–Kier alpha value is -2.95. The first kappa shape index (κ1) is 16.4. The van der Waals surface area contributed by atoms with Crippen molar-refractivity contribution in [2.45, 2.75) is 6.92 Å². The third-order valence-corrected chi connectivity index (χ3v) is 3.01. The van der Waals surface area contributed by atoms with Gasteiger partial charge < -0.3 is 9.47 Å². The average Bonchev–Trinajstić information content (AvgIpc) is 2.58. The van der Waals surface area contributed by atoms with Gasteiger partial charge in [-0.1, -0.05) is 18.2 Å². The lowest BCUT2D eigenvalue weighted by Gasteiger charge is -2.05. The van der Waals surface area contributed by atoms with E-state index in [1.807, 2.05) is 12.1 Å². The van der Waals surface area contributed by atoms with Crippen LogP contribution >= 0.6 is 0 Å². The highest BCUT2D eigenvalue weighted by Gasteiger charge is 2.11. The maximum absolute atomic E-state index is 12.0. The highest BCUT2D eigenvalue weighted by atomic mass is 16.5. The summed E-state index contributed by atoms with van der Waals surface area (Å²) >= 11 is 0. The number of ether oxygens (including phenoxy) is 2. The van der Waals surface area contributed by atoms with Crippen LogP contribution in [-0.4, -0.2) is 31.7 Å². The van der Waals surface area contributed by atoms with Crippen LogP contribution in [0.4, 0.5) is 5.69 Å². The third-order valence-electron chi connectivity index (χ3n) is 3.01. The normalized spacial score (nSPS) is 10.5. The molecule has 0 spiro atoms. The van der Waals surface area contributed by atoms with E-state index >= 15 is 0 Å². The second-order valence-electron chi connectivity index (χ2n) is 4.82. The smallest absolute Gasteiger partial charge is 0.339 e. The molecular formula is C18H17NO4. The molecule has 0 heterocycles. The molecule has 0 unspecified atom stereocenters. The molecule has 118 valence electrons. The summed E-state index contributed by atoms with van der Waals surface area (Å²) in [5.74, 6) is -0.00290. The number of benzene rings is 2. The molecule has 5 nitrogen and oxygen atoms in total. The molecule has 0 amide bonds. The lowest BCUT2D eigenvalue weighted by Crippen LogP contribution is -2.13. The Morgan fingerprint density at radius 3 is 2.43 bits per heavy atom. The zero-order chi connectivity index (χ0) is 16.7. The van der Waals surface area contributed by atoms with Crippen LogP contribution < -0.4 is 4.74 Å². The van der Waals surface area contributed by atoms with Crippen LogP contribution in [0.25, 0.3) is 0 Å². The molecule has 0 bridgehead atoms. The van der Waals surface area contributed by atoms with E-state index in [9.17, 15) is 9.59 Å². The number of Topliss-reactive ketones (excluding diaryl/α,β-unsaturated/α-hetero) is 1. The van der Waals surface area contributed by atoms with Gasteiger partial charge in [0.1, 0.15) is 12.4 Å². The topological polar surface area (TPSA) is 65.0 Å². The van der Waals surface area contributed by atoms with Gasteiger partial charge in [-0.2, -0.15) is 0 Å². The van der Waals surface area contributed by atoms with E-state index in [0.29, 0.717) is 11.1 Å². The van der Waals surface area contributed by atoms with Crippen LogP contribution in [0.3, 0.4) is 0 Å². The van der Waals surface area contributed by atoms with Crippen molar-refractivity contribution in [2.24, 2.45) is 4.99 Å². The van der Waals surface area contributed by atoms with Gasteiger partial charge in [0.2, 0.25) is 0 Å². The van der Waals surface area contributed by atoms with Crippen molar-refractivity contribution in [3.63, 3.8) is 0 Å². The van der Waals surface area contributed by atoms with E-state index in [4.69, 9.17) is 9.47 Å². The van der Waals surface area contributed by atoms with Crippen LogP contribution in [-0.2, 0) is 9.53 Å². The van der Waals surface area contributed by atoms with E-state index in [2.05, 4.69) is 4.99 Å². The Bertz CT molecular complexity index is 720. The van der Waals surface area contributed by atoms with Gasteiger partial charge in [0.25, 0.3) is 0 Å². The van der Waals surface area contributed by atoms with E-state index in [1.165, 1.54) is 6.92 Å². The lowest BCUT2D eigenvalue weighted by atomic mass is 10.1. The maximum atomic E-state index is 12.0. The molecule has 0 aliphatic carbocycles. The molecule has 5 heteroatoms. The molecule has 0 atom stereocenters. The van der Waals surface area contributed by atoms with Gasteiger partial charge in [0.05, 0.1) is 18.4 Å². The number of carbonyl (C=O) groups excluding carboxylic acids is 2. The van der Waals surface area contributed by atoms with Gasteiger partial charge in [-0.25, -0.2) is 4.79 Å². The van der Waals surface area contributed by atoms with Crippen molar-refractivity contribution in [1.29, 1.82) is 0 Å². The lowest BCUT2D eigenvalue weighted by molar-refractivity contribution is -0.120. The van der Waals surface area contributed by atoms with Gasteiger partial charge in [-0.15, -0.1) is 0 Å². The second-order valence-corrected chi connectivity index (χ2v) is 4.82. The summed E-state index contributed by atoms with van der Waals surface area (Å²) in [6.07, 6.45) is 1.59. The van der Waals surface area contributed by atoms with Gasteiger partial charge in [0, 0.05) is 11.8 Å². The molecule has 0 N–H and O–H groups in total. The Morgan fingerprint density at radius 2 is 1.78 bits per heavy atom. The number of aliphatic imine (C=N–C) groups is 1. The third kappa shape index (κ3) is 4.78. The second kappa shape index (κ2) is 7.89. The largest absolute Gasteiger partial charge is 0.497 e. The number of hydrogen-bond donors (Lipinski definition) is 0. The first-order chi connectivity index (χ1) is 11.1. The monoisotopic (exact) mass is 311 g/mol. The summed E-state index contributed by atoms with van der Waals surface area (Å²) in [5.41, 5.74) is 1.72. The quantitative estimate of drug-likeness (QED) is 0.607. The first-order valence-corrected chi connectivity index (χ1v) is 7.04. The minimum atomic E-state index is -0.544. The maximum Gasteiger partial charge on any atom is 0.339 e. The first-order valence-electron chi connectivity index (χ1n) is 7.04. The average molecular weight is 311 g/mol. The fourth-order valence-corrected chi connectivity index (χ4v) is 1.85. The minimum absolute atomic E-state index is 0.206. The molecule has 2 aromatic carbocycles. The molecule has 0 aliphatic rings. The summed E-state index contributed by atoms with van der Waals surface area (Å²) < 4.78 is 10.0. The molecule has 0 fully saturated rings. The Kier molecular flexibility index (Phi) is 5.63. The van der Waals surface area contributed by atoms with Crippen LogP contribution in [0.15, 0.2) is 53.5 Å². The van der Waals surface area contributed by atoms with Gasteiger partial charge in [-0.3, -0.25) is 9.79 Å². The zero-order valence-corrected chi connectivity index (χ0v) is 13.0. The summed E-state index contributed by atoms with van der Waals surface area (Å²) in [7, 11) is 1.60. The van der Waals surface area contributed by atoms with E-state index < -0.39 is 5.97 Å². The fourth-order valence-electron chi connectivity index (χ4n) is 1.85. The van der Waals surface area contributed by atoms with Crippen LogP contribution in [0.2, 0.25) is 0 Å². The van der Waals surface area contributed by atoms with Crippen LogP contribution in [0.5, 0.6) is 5.75 Å². The van der Waals surface area contributed by atoms with Gasteiger partial charge in [0.15, 0.2) is 5.78 Å². The fraction of sp³-hybridized carbons (Fsp3) is 0.167. The van der Waals surface area contributed by atoms with Crippen molar-refractivity contribution in [1.82, 2.24) is 0 Å². The molecule has 0 radical (unpaired) electrons. The highest BCUT2D eigenvalue weighted by molar-refractivity contribution is 6.00. The van der Waals surface area contributed by atoms with E-state index in [-0.39, 0.29) is 12.4 Å². The van der Waals surface area contributed by atoms with Crippen molar-refractivity contribution >= 4 is 23.7 Å². The van der Waals surface area contributed by atoms with E-state index in [0.717, 1.165) is 11.4 Å². The van der Waals surface area contributed by atoms with Crippen molar-refractivity contribution in [2.75, 3.05) is 13.7 Å². The molecule has 0 saturated carbocycles. The highest BCUT2D eigenvalue weighted by Crippen LogP contribution is 2.18. The number of ketones is 1.